The van der Waals surface area contributed by atoms with Crippen molar-refractivity contribution < 1.29 is 35.8 Å². The minimum absolute atomic E-state index is 0. The molecule has 0 atom stereocenters. The van der Waals surface area contributed by atoms with Gasteiger partial charge in [-0.15, -0.1) is 0 Å². The Morgan fingerprint density at radius 1 is 0.700 bits per heavy atom. The first-order valence-corrected chi connectivity index (χ1v) is 9.88. The van der Waals surface area contributed by atoms with Crippen molar-refractivity contribution in [1.82, 2.24) is 0 Å². The van der Waals surface area contributed by atoms with Gasteiger partial charge in [0, 0.05) is 24.3 Å². The molecule has 2 aromatic rings. The number of nitro benzene ring substituents is 2. The molecule has 0 fully saturated rings. The van der Waals surface area contributed by atoms with Gasteiger partial charge in [-0.05, 0) is 23.3 Å². The SMILES string of the molecule is O=[N+]([O-])c1ccc(C=Cc2ccc([N+](=O)[O-])cc2S(=O)(=O)O)c(S(=O)(=O)O)c1.[KH].[KH]. The molecule has 0 saturated carbocycles. The number of hydrogen-bond acceptors (Lipinski definition) is 8. The van der Waals surface area contributed by atoms with Crippen molar-refractivity contribution >= 4 is 147 Å². The van der Waals surface area contributed by atoms with Gasteiger partial charge in [-0.3, -0.25) is 29.3 Å². The Kier molecular flexibility index (Phi) is 11.8. The maximum absolute atomic E-state index is 11.5. The second-order valence-corrected chi connectivity index (χ2v) is 8.02. The van der Waals surface area contributed by atoms with E-state index in [9.17, 15) is 46.2 Å². The number of nitrogens with zero attached hydrogens (tertiary/aromatic N) is 2. The number of hydrogen-bond donors (Lipinski definition) is 2. The van der Waals surface area contributed by atoms with Gasteiger partial charge in [0.15, 0.2) is 0 Å². The number of benzene rings is 2. The molecule has 0 saturated heterocycles. The molecular formula is C14H12K2N2O10S2. The van der Waals surface area contributed by atoms with Gasteiger partial charge in [0.25, 0.3) is 31.6 Å². The van der Waals surface area contributed by atoms with Crippen molar-refractivity contribution in [3.05, 3.63) is 67.8 Å². The van der Waals surface area contributed by atoms with Crippen LogP contribution in [-0.2, 0) is 20.2 Å². The van der Waals surface area contributed by atoms with Crippen LogP contribution >= 0.6 is 0 Å². The van der Waals surface area contributed by atoms with Crippen LogP contribution in [-0.4, -0.2) is 139 Å². The Morgan fingerprint density at radius 2 is 1.00 bits per heavy atom. The number of rotatable bonds is 6. The number of non-ortho nitro benzene ring substituents is 2. The zero-order valence-electron chi connectivity index (χ0n) is 13.5. The summed E-state index contributed by atoms with van der Waals surface area (Å²) in [6, 6.07) is 5.11. The van der Waals surface area contributed by atoms with Crippen LogP contribution < -0.4 is 0 Å². The Balaban J connectivity index is 0.00000420. The third-order valence-electron chi connectivity index (χ3n) is 3.41. The second-order valence-electron chi connectivity index (χ2n) is 5.24. The third kappa shape index (κ3) is 7.89. The fourth-order valence-electron chi connectivity index (χ4n) is 2.17. The minimum atomic E-state index is -4.86. The summed E-state index contributed by atoms with van der Waals surface area (Å²) in [6.07, 6.45) is 2.01. The molecule has 30 heavy (non-hydrogen) atoms. The summed E-state index contributed by atoms with van der Waals surface area (Å²) < 4.78 is 64.4. The second kappa shape index (κ2) is 11.8. The van der Waals surface area contributed by atoms with Gasteiger partial charge in [0.2, 0.25) is 0 Å². The standard InChI is InChI=1S/C14H10N2O10S2.2K.2H/c17-15(18)11-5-3-9(13(7-11)27(21,22)23)1-2-10-4-6-12(16(19)20)8-14(10)28(24,25)26;;;;/h1-8H,(H,21,22,23)(H,24,25,26);;;;. The molecule has 0 spiro atoms. The van der Waals surface area contributed by atoms with Gasteiger partial charge >= 0.3 is 103 Å². The van der Waals surface area contributed by atoms with Crippen LogP contribution in [0.2, 0.25) is 0 Å². The summed E-state index contributed by atoms with van der Waals surface area (Å²) >= 11 is 0. The zero-order valence-corrected chi connectivity index (χ0v) is 15.1. The Bertz CT molecular complexity index is 1130. The molecule has 0 aromatic heterocycles. The van der Waals surface area contributed by atoms with E-state index in [1.165, 1.54) is 0 Å². The topological polar surface area (TPSA) is 195 Å². The van der Waals surface area contributed by atoms with E-state index < -0.39 is 51.2 Å². The van der Waals surface area contributed by atoms with Crippen LogP contribution in [0.5, 0.6) is 0 Å². The van der Waals surface area contributed by atoms with Gasteiger partial charge in [-0.1, -0.05) is 12.2 Å². The van der Waals surface area contributed by atoms with Crippen LogP contribution in [0, 0.1) is 20.2 Å². The molecule has 12 nitrogen and oxygen atoms in total. The zero-order chi connectivity index (χ0) is 21.3. The van der Waals surface area contributed by atoms with Gasteiger partial charge < -0.3 is 0 Å². The molecule has 0 aliphatic carbocycles. The van der Waals surface area contributed by atoms with Crippen molar-refractivity contribution in [2.75, 3.05) is 0 Å². The van der Waals surface area contributed by atoms with Crippen LogP contribution in [0.3, 0.4) is 0 Å². The van der Waals surface area contributed by atoms with E-state index >= 15 is 0 Å². The Morgan fingerprint density at radius 3 is 1.23 bits per heavy atom. The molecule has 2 aromatic carbocycles. The van der Waals surface area contributed by atoms with Crippen LogP contribution in [0.25, 0.3) is 12.2 Å². The predicted molar refractivity (Wildman–Crippen MR) is 109 cm³/mol. The first kappa shape index (κ1) is 30.1. The van der Waals surface area contributed by atoms with Gasteiger partial charge in [-0.2, -0.15) is 16.8 Å². The van der Waals surface area contributed by atoms with Crippen LogP contribution in [0.4, 0.5) is 11.4 Å². The molecule has 0 unspecified atom stereocenters. The third-order valence-corrected chi connectivity index (χ3v) is 5.23. The summed E-state index contributed by atoms with van der Waals surface area (Å²) in [5.74, 6) is 0. The summed E-state index contributed by atoms with van der Waals surface area (Å²) in [4.78, 5) is 18.2. The molecule has 0 aliphatic rings. The van der Waals surface area contributed by atoms with E-state index in [4.69, 9.17) is 0 Å². The van der Waals surface area contributed by atoms with Gasteiger partial charge in [0.05, 0.1) is 9.85 Å². The Hall–Kier alpha value is 0.0727. The van der Waals surface area contributed by atoms with E-state index in [1.54, 1.807) is 0 Å². The first-order chi connectivity index (χ1) is 12.8. The predicted octanol–water partition coefficient (Wildman–Crippen LogP) is 0.870. The fourth-order valence-corrected chi connectivity index (χ4v) is 3.58. The molecule has 16 heteroatoms. The molecule has 0 bridgehead atoms. The van der Waals surface area contributed by atoms with Gasteiger partial charge in [0.1, 0.15) is 9.79 Å². The summed E-state index contributed by atoms with van der Waals surface area (Å²) in [5, 5.41) is 21.5. The molecule has 2 rings (SSSR count). The molecular weight excluding hydrogens is 498 g/mol. The average molecular weight is 511 g/mol. The molecule has 0 aliphatic heterocycles. The number of nitro groups is 2. The van der Waals surface area contributed by atoms with E-state index in [1.807, 2.05) is 0 Å². The van der Waals surface area contributed by atoms with Crippen molar-refractivity contribution in [3.8, 4) is 0 Å². The van der Waals surface area contributed by atoms with E-state index in [-0.39, 0.29) is 114 Å². The summed E-state index contributed by atoms with van der Waals surface area (Å²) in [7, 11) is -9.73. The summed E-state index contributed by atoms with van der Waals surface area (Å²) in [5.41, 5.74) is -1.68. The normalized spacial score (nSPS) is 11.4. The molecule has 2 N–H and O–H groups in total. The molecule has 0 radical (unpaired) electrons. The average Bonchev–Trinajstić information content (AvgIpc) is 2.57. The Labute approximate surface area is 255 Å². The van der Waals surface area contributed by atoms with E-state index in [0.29, 0.717) is 12.1 Å². The molecule has 0 amide bonds. The van der Waals surface area contributed by atoms with Crippen molar-refractivity contribution in [1.29, 1.82) is 0 Å². The molecule has 0 heterocycles. The van der Waals surface area contributed by atoms with Crippen LogP contribution in [0.15, 0.2) is 46.2 Å². The molecule has 152 valence electrons. The first-order valence-electron chi connectivity index (χ1n) is 7.00. The summed E-state index contributed by atoms with van der Waals surface area (Å²) in [6.45, 7) is 0. The van der Waals surface area contributed by atoms with E-state index in [2.05, 4.69) is 0 Å². The fraction of sp³-hybridized carbons (Fsp3) is 0. The van der Waals surface area contributed by atoms with Gasteiger partial charge in [-0.25, -0.2) is 0 Å². The van der Waals surface area contributed by atoms with Crippen molar-refractivity contribution in [2.45, 2.75) is 9.79 Å². The quantitative estimate of drug-likeness (QED) is 0.185. The van der Waals surface area contributed by atoms with Crippen LogP contribution in [0.1, 0.15) is 11.1 Å². The maximum atomic E-state index is 11.5. The van der Waals surface area contributed by atoms with Crippen molar-refractivity contribution in [3.63, 3.8) is 0 Å². The van der Waals surface area contributed by atoms with E-state index in [0.717, 1.165) is 36.4 Å². The van der Waals surface area contributed by atoms with Crippen molar-refractivity contribution in [2.24, 2.45) is 0 Å². The monoisotopic (exact) mass is 510 g/mol.